The van der Waals surface area contributed by atoms with Gasteiger partial charge in [0.15, 0.2) is 0 Å². The molecule has 0 unspecified atom stereocenters. The zero-order chi connectivity index (χ0) is 13.8. The molecule has 0 aliphatic rings. The number of rotatable bonds is 5. The van der Waals surface area contributed by atoms with Crippen LogP contribution >= 0.6 is 0 Å². The molecule has 0 spiro atoms. The van der Waals surface area contributed by atoms with Crippen molar-refractivity contribution in [1.82, 2.24) is 19.7 Å². The zero-order valence-corrected chi connectivity index (χ0v) is 11.8. The molecule has 6 heteroatoms. The van der Waals surface area contributed by atoms with Crippen molar-refractivity contribution < 1.29 is 4.74 Å². The third kappa shape index (κ3) is 3.21. The summed E-state index contributed by atoms with van der Waals surface area (Å²) in [6.07, 6.45) is 2.81. The van der Waals surface area contributed by atoms with Gasteiger partial charge in [0.25, 0.3) is 0 Å². The minimum absolute atomic E-state index is 0.583. The van der Waals surface area contributed by atoms with Gasteiger partial charge in [-0.05, 0) is 20.3 Å². The van der Waals surface area contributed by atoms with Crippen molar-refractivity contribution in [2.24, 2.45) is 7.05 Å². The van der Waals surface area contributed by atoms with E-state index in [1.54, 1.807) is 10.7 Å². The second-order valence-electron chi connectivity index (χ2n) is 4.21. The molecule has 0 aliphatic carbocycles. The largest absolute Gasteiger partial charge is 0.478 e. The SMILES string of the molecule is CCOc1cc(Nc2cn(C)nc2CC)nc(C)n1. The van der Waals surface area contributed by atoms with E-state index in [-0.39, 0.29) is 0 Å². The third-order valence-electron chi connectivity index (χ3n) is 2.61. The van der Waals surface area contributed by atoms with Crippen LogP contribution in [-0.4, -0.2) is 26.4 Å². The Bertz CT molecular complexity index is 564. The molecule has 0 amide bonds. The number of aromatic nitrogens is 4. The second-order valence-corrected chi connectivity index (χ2v) is 4.21. The van der Waals surface area contributed by atoms with E-state index >= 15 is 0 Å². The van der Waals surface area contributed by atoms with Crippen molar-refractivity contribution in [3.8, 4) is 5.88 Å². The number of hydrogen-bond acceptors (Lipinski definition) is 5. The lowest BCUT2D eigenvalue weighted by Crippen LogP contribution is -2.02. The van der Waals surface area contributed by atoms with Crippen LogP contribution in [0.15, 0.2) is 12.3 Å². The molecule has 6 nitrogen and oxygen atoms in total. The molecule has 2 rings (SSSR count). The summed E-state index contributed by atoms with van der Waals surface area (Å²) in [5, 5.41) is 7.66. The highest BCUT2D eigenvalue weighted by Gasteiger charge is 2.08. The van der Waals surface area contributed by atoms with Crippen LogP contribution in [0.3, 0.4) is 0 Å². The summed E-state index contributed by atoms with van der Waals surface area (Å²) in [6, 6.07) is 1.79. The van der Waals surface area contributed by atoms with Crippen molar-refractivity contribution in [3.05, 3.63) is 23.8 Å². The summed E-state index contributed by atoms with van der Waals surface area (Å²) >= 11 is 0. The highest BCUT2D eigenvalue weighted by Crippen LogP contribution is 2.21. The Hall–Kier alpha value is -2.11. The van der Waals surface area contributed by atoms with E-state index in [2.05, 4.69) is 27.3 Å². The van der Waals surface area contributed by atoms with Crippen molar-refractivity contribution in [3.63, 3.8) is 0 Å². The molecule has 102 valence electrons. The van der Waals surface area contributed by atoms with E-state index in [0.717, 1.165) is 23.6 Å². The Kier molecular flexibility index (Phi) is 3.99. The average Bonchev–Trinajstić information content (AvgIpc) is 2.69. The van der Waals surface area contributed by atoms with Gasteiger partial charge in [0.1, 0.15) is 11.6 Å². The predicted octanol–water partition coefficient (Wildman–Crippen LogP) is 2.22. The lowest BCUT2D eigenvalue weighted by Gasteiger charge is -2.08. The fourth-order valence-corrected chi connectivity index (χ4v) is 1.86. The van der Waals surface area contributed by atoms with Gasteiger partial charge < -0.3 is 10.1 Å². The second kappa shape index (κ2) is 5.69. The van der Waals surface area contributed by atoms with E-state index in [4.69, 9.17) is 4.74 Å². The highest BCUT2D eigenvalue weighted by molar-refractivity contribution is 5.58. The van der Waals surface area contributed by atoms with Crippen LogP contribution in [0.25, 0.3) is 0 Å². The Balaban J connectivity index is 2.26. The molecule has 0 saturated carbocycles. The molecule has 0 aliphatic heterocycles. The Morgan fingerprint density at radius 2 is 2.11 bits per heavy atom. The molecule has 19 heavy (non-hydrogen) atoms. The minimum Gasteiger partial charge on any atom is -0.478 e. The van der Waals surface area contributed by atoms with Crippen LogP contribution in [0, 0.1) is 6.92 Å². The van der Waals surface area contributed by atoms with Crippen LogP contribution in [0.5, 0.6) is 5.88 Å². The van der Waals surface area contributed by atoms with E-state index in [1.807, 2.05) is 27.1 Å². The highest BCUT2D eigenvalue weighted by atomic mass is 16.5. The van der Waals surface area contributed by atoms with Crippen LogP contribution in [-0.2, 0) is 13.5 Å². The van der Waals surface area contributed by atoms with E-state index in [1.165, 1.54) is 0 Å². The van der Waals surface area contributed by atoms with Crippen LogP contribution in [0.2, 0.25) is 0 Å². The first kappa shape index (κ1) is 13.3. The number of hydrogen-bond donors (Lipinski definition) is 1. The Morgan fingerprint density at radius 1 is 1.32 bits per heavy atom. The number of nitrogens with zero attached hydrogens (tertiary/aromatic N) is 4. The number of anilines is 2. The van der Waals surface area contributed by atoms with Gasteiger partial charge >= 0.3 is 0 Å². The van der Waals surface area contributed by atoms with Gasteiger partial charge in [-0.15, -0.1) is 0 Å². The summed E-state index contributed by atoms with van der Waals surface area (Å²) in [5.41, 5.74) is 1.97. The number of aryl methyl sites for hydroxylation is 3. The summed E-state index contributed by atoms with van der Waals surface area (Å²) in [4.78, 5) is 8.58. The molecular weight excluding hydrogens is 242 g/mol. The maximum Gasteiger partial charge on any atom is 0.218 e. The molecule has 2 aromatic rings. The monoisotopic (exact) mass is 261 g/mol. The van der Waals surface area contributed by atoms with Crippen LogP contribution < -0.4 is 10.1 Å². The predicted molar refractivity (Wildman–Crippen MR) is 73.8 cm³/mol. The molecule has 2 heterocycles. The molecule has 0 saturated heterocycles. The van der Waals surface area contributed by atoms with Gasteiger partial charge in [-0.3, -0.25) is 4.68 Å². The van der Waals surface area contributed by atoms with E-state index in [9.17, 15) is 0 Å². The average molecular weight is 261 g/mol. The van der Waals surface area contributed by atoms with Gasteiger partial charge in [0, 0.05) is 19.3 Å². The lowest BCUT2D eigenvalue weighted by molar-refractivity contribution is 0.325. The summed E-state index contributed by atoms with van der Waals surface area (Å²) < 4.78 is 7.21. The molecular formula is C13H19N5O. The fraction of sp³-hybridized carbons (Fsp3) is 0.462. The van der Waals surface area contributed by atoms with Gasteiger partial charge in [0.05, 0.1) is 18.0 Å². The Morgan fingerprint density at radius 3 is 2.79 bits per heavy atom. The molecule has 0 atom stereocenters. The molecule has 0 aromatic carbocycles. The van der Waals surface area contributed by atoms with Crippen molar-refractivity contribution in [2.45, 2.75) is 27.2 Å². The molecule has 0 bridgehead atoms. The van der Waals surface area contributed by atoms with Crippen molar-refractivity contribution in [2.75, 3.05) is 11.9 Å². The molecule has 1 N–H and O–H groups in total. The summed E-state index contributed by atoms with van der Waals surface area (Å²) in [5.74, 6) is 1.98. The lowest BCUT2D eigenvalue weighted by atomic mass is 10.3. The molecule has 0 radical (unpaired) electrons. The van der Waals surface area contributed by atoms with Gasteiger partial charge in [-0.25, -0.2) is 4.98 Å². The zero-order valence-electron chi connectivity index (χ0n) is 11.8. The smallest absolute Gasteiger partial charge is 0.218 e. The first-order valence-electron chi connectivity index (χ1n) is 6.40. The van der Waals surface area contributed by atoms with E-state index in [0.29, 0.717) is 18.3 Å². The maximum atomic E-state index is 5.41. The number of ether oxygens (including phenoxy) is 1. The molecule has 2 aromatic heterocycles. The first-order chi connectivity index (χ1) is 9.12. The third-order valence-corrected chi connectivity index (χ3v) is 2.61. The first-order valence-corrected chi connectivity index (χ1v) is 6.40. The fourth-order valence-electron chi connectivity index (χ4n) is 1.86. The van der Waals surface area contributed by atoms with E-state index < -0.39 is 0 Å². The topological polar surface area (TPSA) is 64.9 Å². The van der Waals surface area contributed by atoms with Crippen LogP contribution in [0.4, 0.5) is 11.5 Å². The quantitative estimate of drug-likeness (QED) is 0.894. The Labute approximate surface area is 112 Å². The summed E-state index contributed by atoms with van der Waals surface area (Å²) in [6.45, 7) is 6.44. The van der Waals surface area contributed by atoms with Crippen LogP contribution in [0.1, 0.15) is 25.4 Å². The summed E-state index contributed by atoms with van der Waals surface area (Å²) in [7, 11) is 1.90. The van der Waals surface area contributed by atoms with Gasteiger partial charge in [0.2, 0.25) is 5.88 Å². The normalized spacial score (nSPS) is 10.5. The van der Waals surface area contributed by atoms with Gasteiger partial charge in [-0.2, -0.15) is 10.1 Å². The maximum absolute atomic E-state index is 5.41. The number of nitrogens with one attached hydrogen (secondary N) is 1. The van der Waals surface area contributed by atoms with Gasteiger partial charge in [-0.1, -0.05) is 6.92 Å². The van der Waals surface area contributed by atoms with Crippen molar-refractivity contribution in [1.29, 1.82) is 0 Å². The molecule has 0 fully saturated rings. The van der Waals surface area contributed by atoms with Crippen molar-refractivity contribution >= 4 is 11.5 Å². The standard InChI is InChI=1S/C13H19N5O/c1-5-10-11(8-18(4)17-10)16-12-7-13(19-6-2)15-9(3)14-12/h7-8H,5-6H2,1-4H3,(H,14,15,16). The minimum atomic E-state index is 0.583.